The first-order chi connectivity index (χ1) is 14.5. The molecule has 0 aliphatic heterocycles. The van der Waals surface area contributed by atoms with Gasteiger partial charge in [-0.1, -0.05) is 37.6 Å². The molecule has 0 heterocycles. The summed E-state index contributed by atoms with van der Waals surface area (Å²) < 4.78 is 11.5. The number of carbonyl (C=O) groups is 1. The molecule has 0 bridgehead atoms. The van der Waals surface area contributed by atoms with Gasteiger partial charge >= 0.3 is 5.97 Å². The van der Waals surface area contributed by atoms with E-state index in [4.69, 9.17) is 26.2 Å². The summed E-state index contributed by atoms with van der Waals surface area (Å²) in [6.07, 6.45) is 8.62. The molecule has 1 aromatic carbocycles. The zero-order valence-electron chi connectivity index (χ0n) is 18.0. The number of methoxy groups -OCH3 is 1. The highest BCUT2D eigenvalue weighted by Gasteiger charge is 2.41. The Morgan fingerprint density at radius 3 is 2.63 bits per heavy atom. The Morgan fingerprint density at radius 2 is 2.00 bits per heavy atom. The van der Waals surface area contributed by atoms with Gasteiger partial charge < -0.3 is 19.7 Å². The predicted molar refractivity (Wildman–Crippen MR) is 119 cm³/mol. The summed E-state index contributed by atoms with van der Waals surface area (Å²) in [5.41, 5.74) is 1.14. The molecule has 1 aliphatic carbocycles. The third kappa shape index (κ3) is 7.60. The Hall–Kier alpha value is -1.56. The maximum Gasteiger partial charge on any atom is 0.303 e. The number of aliphatic carboxylic acids is 1. The minimum Gasteiger partial charge on any atom is -0.493 e. The Kier molecular flexibility index (Phi) is 10.7. The topological polar surface area (TPSA) is 76.0 Å². The van der Waals surface area contributed by atoms with Crippen molar-refractivity contribution in [2.75, 3.05) is 13.7 Å². The molecule has 0 aromatic heterocycles. The van der Waals surface area contributed by atoms with Crippen molar-refractivity contribution in [3.05, 3.63) is 42.0 Å². The number of benzene rings is 1. The van der Waals surface area contributed by atoms with Crippen molar-refractivity contribution in [1.29, 1.82) is 0 Å². The number of ether oxygens (including phenoxy) is 2. The lowest BCUT2D eigenvalue weighted by molar-refractivity contribution is -0.137. The molecule has 6 heteroatoms. The van der Waals surface area contributed by atoms with Gasteiger partial charge in [0, 0.05) is 24.8 Å². The number of carboxylic acids is 1. The Morgan fingerprint density at radius 1 is 1.27 bits per heavy atom. The number of aliphatic hydroxyl groups is 1. The molecule has 1 unspecified atom stereocenters. The maximum atomic E-state index is 10.6. The van der Waals surface area contributed by atoms with E-state index in [1.807, 2.05) is 30.3 Å². The van der Waals surface area contributed by atoms with Gasteiger partial charge in [0.2, 0.25) is 0 Å². The molecule has 0 radical (unpaired) electrons. The van der Waals surface area contributed by atoms with Crippen LogP contribution >= 0.6 is 11.6 Å². The number of hydrogen-bond donors (Lipinski definition) is 2. The summed E-state index contributed by atoms with van der Waals surface area (Å²) in [5.74, 6) is 0.122. The summed E-state index contributed by atoms with van der Waals surface area (Å²) in [4.78, 5) is 10.6. The molecule has 1 aromatic rings. The fraction of sp³-hybridized carbons (Fsp3) is 0.625. The van der Waals surface area contributed by atoms with Gasteiger partial charge in [-0.3, -0.25) is 4.79 Å². The normalized spacial score (nSPS) is 24.9. The second-order valence-corrected chi connectivity index (χ2v) is 8.59. The monoisotopic (exact) mass is 438 g/mol. The van der Waals surface area contributed by atoms with Crippen LogP contribution in [0.15, 0.2) is 36.4 Å². The molecule has 2 rings (SSSR count). The van der Waals surface area contributed by atoms with Crippen LogP contribution in [0.5, 0.6) is 5.75 Å². The molecule has 1 saturated carbocycles. The zero-order valence-corrected chi connectivity index (χ0v) is 18.8. The lowest BCUT2D eigenvalue weighted by atomic mass is 9.92. The molecule has 30 heavy (non-hydrogen) atoms. The lowest BCUT2D eigenvalue weighted by Crippen LogP contribution is -2.27. The molecule has 0 amide bonds. The third-order valence-electron chi connectivity index (χ3n) is 5.84. The van der Waals surface area contributed by atoms with Crippen LogP contribution in [0.4, 0.5) is 0 Å². The quantitative estimate of drug-likeness (QED) is 0.246. The predicted octanol–water partition coefficient (Wildman–Crippen LogP) is 5.36. The molecular weight excluding hydrogens is 404 g/mol. The van der Waals surface area contributed by atoms with Crippen LogP contribution in [0.1, 0.15) is 63.5 Å². The van der Waals surface area contributed by atoms with E-state index in [9.17, 15) is 9.90 Å². The van der Waals surface area contributed by atoms with Gasteiger partial charge in [0.1, 0.15) is 5.75 Å². The van der Waals surface area contributed by atoms with E-state index < -0.39 is 12.1 Å². The summed E-state index contributed by atoms with van der Waals surface area (Å²) in [7, 11) is 1.73. The van der Waals surface area contributed by atoms with Crippen LogP contribution in [0.2, 0.25) is 0 Å². The lowest BCUT2D eigenvalue weighted by Gasteiger charge is -2.23. The number of alkyl halides is 1. The smallest absolute Gasteiger partial charge is 0.303 e. The third-order valence-corrected chi connectivity index (χ3v) is 6.34. The molecular formula is C24H35ClO5. The second kappa shape index (κ2) is 13.0. The van der Waals surface area contributed by atoms with E-state index in [2.05, 4.69) is 13.0 Å². The Labute approximate surface area is 185 Å². The maximum absolute atomic E-state index is 10.6. The number of rotatable bonds is 13. The first-order valence-electron chi connectivity index (χ1n) is 10.9. The minimum atomic E-state index is -0.767. The molecule has 1 fully saturated rings. The number of allylic oxidation sites excluding steroid dienone is 2. The fourth-order valence-electron chi connectivity index (χ4n) is 4.09. The van der Waals surface area contributed by atoms with Gasteiger partial charge in [-0.2, -0.15) is 0 Å². The molecule has 1 aliphatic rings. The van der Waals surface area contributed by atoms with Gasteiger partial charge in [0.05, 0.1) is 18.8 Å². The standard InChI is InChI=1S/C24H35ClO5/c1-3-8-23(29-2)17-11-13-18(14-12-17)30-16-20-19(21(25)15-22(20)26)9-6-4-5-7-10-24(27)28/h4,6,11-14,19-23,26H,3,5,7-10,15-16H2,1-2H3,(H,27,28)/b6-4-/t19-,20-,21-,22-,23?/m1/s1. The highest BCUT2D eigenvalue weighted by Crippen LogP contribution is 2.39. The van der Waals surface area contributed by atoms with E-state index in [0.717, 1.165) is 37.0 Å². The minimum absolute atomic E-state index is 0.0253. The number of unbranched alkanes of at least 4 members (excludes halogenated alkanes) is 1. The van der Waals surface area contributed by atoms with Crippen LogP contribution in [0.25, 0.3) is 0 Å². The summed E-state index contributed by atoms with van der Waals surface area (Å²) >= 11 is 6.49. The van der Waals surface area contributed by atoms with Gasteiger partial charge in [0.25, 0.3) is 0 Å². The molecule has 5 nitrogen and oxygen atoms in total. The van der Waals surface area contributed by atoms with Crippen LogP contribution in [-0.4, -0.2) is 41.4 Å². The van der Waals surface area contributed by atoms with Crippen molar-refractivity contribution in [2.45, 2.75) is 69.5 Å². The average Bonchev–Trinajstić information content (AvgIpc) is 2.99. The van der Waals surface area contributed by atoms with Crippen LogP contribution in [0, 0.1) is 11.8 Å². The van der Waals surface area contributed by atoms with E-state index in [0.29, 0.717) is 19.4 Å². The van der Waals surface area contributed by atoms with E-state index in [1.54, 1.807) is 7.11 Å². The first kappa shape index (κ1) is 24.7. The van der Waals surface area contributed by atoms with Crippen molar-refractivity contribution in [2.24, 2.45) is 11.8 Å². The fourth-order valence-corrected chi connectivity index (χ4v) is 4.56. The van der Waals surface area contributed by atoms with Crippen LogP contribution in [0.3, 0.4) is 0 Å². The number of carboxylic acid groups (broad SMARTS) is 1. The summed E-state index contributed by atoms with van der Waals surface area (Å²) in [6, 6.07) is 7.97. The molecule has 0 saturated heterocycles. The first-order valence-corrected chi connectivity index (χ1v) is 11.3. The average molecular weight is 439 g/mol. The summed E-state index contributed by atoms with van der Waals surface area (Å²) in [5, 5.41) is 19.0. The van der Waals surface area contributed by atoms with Gasteiger partial charge in [-0.05, 0) is 55.7 Å². The van der Waals surface area contributed by atoms with Crippen molar-refractivity contribution in [1.82, 2.24) is 0 Å². The van der Waals surface area contributed by atoms with Gasteiger partial charge in [-0.25, -0.2) is 0 Å². The number of aliphatic hydroxyl groups excluding tert-OH is 1. The largest absolute Gasteiger partial charge is 0.493 e. The van der Waals surface area contributed by atoms with Crippen molar-refractivity contribution < 1.29 is 24.5 Å². The Balaban J connectivity index is 1.87. The summed E-state index contributed by atoms with van der Waals surface area (Å²) in [6.45, 7) is 2.56. The molecule has 0 spiro atoms. The molecule has 168 valence electrons. The molecule has 2 N–H and O–H groups in total. The van der Waals surface area contributed by atoms with E-state index in [-0.39, 0.29) is 29.7 Å². The second-order valence-electron chi connectivity index (χ2n) is 8.03. The highest BCUT2D eigenvalue weighted by atomic mass is 35.5. The van der Waals surface area contributed by atoms with Crippen molar-refractivity contribution in [3.63, 3.8) is 0 Å². The van der Waals surface area contributed by atoms with E-state index >= 15 is 0 Å². The number of hydrogen-bond acceptors (Lipinski definition) is 4. The van der Waals surface area contributed by atoms with E-state index in [1.165, 1.54) is 0 Å². The van der Waals surface area contributed by atoms with Gasteiger partial charge in [0.15, 0.2) is 0 Å². The number of halogens is 1. The SMILES string of the molecule is CCCC(OC)c1ccc(OC[C@@H]2[C@@H](C/C=C\CCCC(=O)O)[C@H](Cl)C[C@H]2O)cc1. The van der Waals surface area contributed by atoms with Crippen molar-refractivity contribution >= 4 is 17.6 Å². The highest BCUT2D eigenvalue weighted by molar-refractivity contribution is 6.21. The Bertz CT molecular complexity index is 660. The van der Waals surface area contributed by atoms with Crippen LogP contribution in [-0.2, 0) is 9.53 Å². The molecule has 5 atom stereocenters. The van der Waals surface area contributed by atoms with Crippen LogP contribution < -0.4 is 4.74 Å². The van der Waals surface area contributed by atoms with Gasteiger partial charge in [-0.15, -0.1) is 11.6 Å². The van der Waals surface area contributed by atoms with Crippen molar-refractivity contribution in [3.8, 4) is 5.75 Å². The zero-order chi connectivity index (χ0) is 21.9.